The van der Waals surface area contributed by atoms with Gasteiger partial charge in [-0.15, -0.1) is 0 Å². The standard InChI is InChI=1S/C23H24F3N5O4/c1-6-22(35-5)19-18(21(32)31(22)15-10-28-30(11-15)12-23(24,25)26)13(2)7-16(29-19)14-8-17(33-3)20(34-4)27-9-14/h7-11H,6,12H2,1-5H3. The number of hydrogen-bond acceptors (Lipinski definition) is 7. The van der Waals surface area contributed by atoms with Crippen LogP contribution >= 0.6 is 0 Å². The number of carbonyl (C=O) groups is 1. The predicted molar refractivity (Wildman–Crippen MR) is 119 cm³/mol. The molecule has 0 aromatic carbocycles. The van der Waals surface area contributed by atoms with Gasteiger partial charge in [0.05, 0.1) is 37.4 Å². The van der Waals surface area contributed by atoms with E-state index in [9.17, 15) is 18.0 Å². The van der Waals surface area contributed by atoms with Crippen molar-refractivity contribution in [1.29, 1.82) is 0 Å². The number of aromatic nitrogens is 4. The first-order valence-electron chi connectivity index (χ1n) is 10.7. The zero-order valence-electron chi connectivity index (χ0n) is 19.8. The number of anilines is 1. The Hall–Kier alpha value is -3.67. The van der Waals surface area contributed by atoms with Crippen LogP contribution in [0.2, 0.25) is 0 Å². The van der Waals surface area contributed by atoms with Crippen LogP contribution in [0, 0.1) is 6.92 Å². The molecule has 0 spiro atoms. The number of nitrogens with zero attached hydrogens (tertiary/aromatic N) is 5. The van der Waals surface area contributed by atoms with E-state index in [1.165, 1.54) is 38.6 Å². The number of hydrogen-bond donors (Lipinski definition) is 0. The molecule has 1 aliphatic rings. The third kappa shape index (κ3) is 4.07. The highest BCUT2D eigenvalue weighted by Gasteiger charge is 2.53. The highest BCUT2D eigenvalue weighted by atomic mass is 19.4. The summed E-state index contributed by atoms with van der Waals surface area (Å²) >= 11 is 0. The number of ether oxygens (including phenoxy) is 3. The molecule has 0 radical (unpaired) electrons. The average Bonchev–Trinajstić information content (AvgIpc) is 3.36. The van der Waals surface area contributed by atoms with Crippen LogP contribution in [0.15, 0.2) is 30.7 Å². The summed E-state index contributed by atoms with van der Waals surface area (Å²) in [5, 5.41) is 3.79. The molecule has 4 heterocycles. The normalized spacial score (nSPS) is 17.6. The van der Waals surface area contributed by atoms with Crippen LogP contribution in [-0.4, -0.2) is 53.2 Å². The molecule has 3 aromatic heterocycles. The van der Waals surface area contributed by atoms with Crippen molar-refractivity contribution in [3.05, 3.63) is 47.5 Å². The molecule has 186 valence electrons. The van der Waals surface area contributed by atoms with Gasteiger partial charge < -0.3 is 14.2 Å². The summed E-state index contributed by atoms with van der Waals surface area (Å²) in [5.74, 6) is 0.289. The first-order chi connectivity index (χ1) is 16.6. The minimum atomic E-state index is -4.45. The van der Waals surface area contributed by atoms with Crippen LogP contribution in [0.4, 0.5) is 18.9 Å². The SMILES string of the molecule is CCC1(OC)c2nc(-c3cnc(OC)c(OC)c3)cc(C)c2C(=O)N1c1cnn(CC(F)(F)F)c1. The van der Waals surface area contributed by atoms with Gasteiger partial charge in [0.2, 0.25) is 0 Å². The van der Waals surface area contributed by atoms with E-state index >= 15 is 0 Å². The van der Waals surface area contributed by atoms with Gasteiger partial charge in [0, 0.05) is 25.1 Å². The Kier molecular flexibility index (Phi) is 6.18. The topological polar surface area (TPSA) is 91.6 Å². The quantitative estimate of drug-likeness (QED) is 0.492. The molecule has 3 aromatic rings. The molecule has 1 amide bonds. The number of amides is 1. The molecule has 1 atom stereocenters. The number of carbonyl (C=O) groups excluding carboxylic acids is 1. The van der Waals surface area contributed by atoms with Gasteiger partial charge in [0.15, 0.2) is 11.5 Å². The lowest BCUT2D eigenvalue weighted by molar-refractivity contribution is -0.142. The Morgan fingerprint density at radius 2 is 1.86 bits per heavy atom. The van der Waals surface area contributed by atoms with E-state index in [0.717, 1.165) is 4.68 Å². The summed E-state index contributed by atoms with van der Waals surface area (Å²) in [7, 11) is 4.40. The van der Waals surface area contributed by atoms with E-state index < -0.39 is 24.4 Å². The number of halogens is 3. The number of rotatable bonds is 7. The molecule has 0 bridgehead atoms. The minimum absolute atomic E-state index is 0.176. The van der Waals surface area contributed by atoms with Crippen molar-refractivity contribution in [3.8, 4) is 22.9 Å². The number of methoxy groups -OCH3 is 3. The molecule has 9 nitrogen and oxygen atoms in total. The number of alkyl halides is 3. The van der Waals surface area contributed by atoms with Crippen molar-refractivity contribution < 1.29 is 32.2 Å². The largest absolute Gasteiger partial charge is 0.491 e. The molecule has 12 heteroatoms. The zero-order valence-corrected chi connectivity index (χ0v) is 19.8. The van der Waals surface area contributed by atoms with Crippen molar-refractivity contribution in [3.63, 3.8) is 0 Å². The summed E-state index contributed by atoms with van der Waals surface area (Å²) in [5.41, 5.74) is 1.30. The zero-order chi connectivity index (χ0) is 25.5. The summed E-state index contributed by atoms with van der Waals surface area (Å²) in [6.45, 7) is 2.30. The highest BCUT2D eigenvalue weighted by Crippen LogP contribution is 2.46. The Balaban J connectivity index is 1.84. The Bertz CT molecular complexity index is 1270. The first-order valence-corrected chi connectivity index (χ1v) is 10.7. The smallest absolute Gasteiger partial charge is 0.408 e. The highest BCUT2D eigenvalue weighted by molar-refractivity contribution is 6.12. The van der Waals surface area contributed by atoms with E-state index in [1.807, 2.05) is 0 Å². The van der Waals surface area contributed by atoms with Crippen molar-refractivity contribution in [2.75, 3.05) is 26.2 Å². The van der Waals surface area contributed by atoms with Crippen LogP contribution < -0.4 is 14.4 Å². The lowest BCUT2D eigenvalue weighted by Crippen LogP contribution is -2.45. The second-order valence-corrected chi connectivity index (χ2v) is 7.98. The Morgan fingerprint density at radius 3 is 2.46 bits per heavy atom. The number of pyridine rings is 2. The van der Waals surface area contributed by atoms with E-state index in [-0.39, 0.29) is 12.1 Å². The van der Waals surface area contributed by atoms with Gasteiger partial charge in [-0.2, -0.15) is 18.3 Å². The molecule has 0 N–H and O–H groups in total. The third-order valence-electron chi connectivity index (χ3n) is 5.93. The molecule has 0 aliphatic carbocycles. The van der Waals surface area contributed by atoms with Gasteiger partial charge in [0.1, 0.15) is 12.2 Å². The Labute approximate surface area is 199 Å². The molecular weight excluding hydrogens is 467 g/mol. The van der Waals surface area contributed by atoms with Crippen LogP contribution in [-0.2, 0) is 17.0 Å². The van der Waals surface area contributed by atoms with Crippen LogP contribution in [0.3, 0.4) is 0 Å². The van der Waals surface area contributed by atoms with Gasteiger partial charge in [-0.05, 0) is 31.0 Å². The summed E-state index contributed by atoms with van der Waals surface area (Å²) < 4.78 is 55.7. The fourth-order valence-corrected chi connectivity index (χ4v) is 4.35. The monoisotopic (exact) mass is 491 g/mol. The van der Waals surface area contributed by atoms with E-state index in [4.69, 9.17) is 19.2 Å². The first kappa shape index (κ1) is 24.5. The van der Waals surface area contributed by atoms with Gasteiger partial charge >= 0.3 is 6.18 Å². The lowest BCUT2D eigenvalue weighted by atomic mass is 9.99. The molecule has 1 unspecified atom stereocenters. The molecule has 35 heavy (non-hydrogen) atoms. The van der Waals surface area contributed by atoms with Crippen molar-refractivity contribution in [2.45, 2.75) is 38.7 Å². The van der Waals surface area contributed by atoms with Crippen molar-refractivity contribution >= 4 is 11.6 Å². The van der Waals surface area contributed by atoms with E-state index in [0.29, 0.717) is 39.7 Å². The van der Waals surface area contributed by atoms with Gasteiger partial charge in [-0.3, -0.25) is 14.4 Å². The van der Waals surface area contributed by atoms with Gasteiger partial charge in [0.25, 0.3) is 11.8 Å². The molecule has 1 aliphatic heterocycles. The van der Waals surface area contributed by atoms with Crippen molar-refractivity contribution in [2.24, 2.45) is 0 Å². The maximum Gasteiger partial charge on any atom is 0.408 e. The van der Waals surface area contributed by atoms with Crippen LogP contribution in [0.25, 0.3) is 11.3 Å². The molecule has 0 saturated carbocycles. The lowest BCUT2D eigenvalue weighted by Gasteiger charge is -2.35. The average molecular weight is 491 g/mol. The second kappa shape index (κ2) is 8.84. The Morgan fingerprint density at radius 1 is 1.11 bits per heavy atom. The molecular formula is C23H24F3N5O4. The van der Waals surface area contributed by atoms with E-state index in [1.54, 1.807) is 32.2 Å². The molecule has 0 fully saturated rings. The van der Waals surface area contributed by atoms with E-state index in [2.05, 4.69) is 10.1 Å². The maximum absolute atomic E-state index is 13.6. The fourth-order valence-electron chi connectivity index (χ4n) is 4.35. The predicted octanol–water partition coefficient (Wildman–Crippen LogP) is 4.10. The molecule has 0 saturated heterocycles. The maximum atomic E-state index is 13.6. The number of fused-ring (bicyclic) bond motifs is 1. The van der Waals surface area contributed by atoms with Gasteiger partial charge in [-0.25, -0.2) is 9.97 Å². The minimum Gasteiger partial charge on any atom is -0.491 e. The fraction of sp³-hybridized carbons (Fsp3) is 0.391. The summed E-state index contributed by atoms with van der Waals surface area (Å²) in [6, 6.07) is 3.46. The summed E-state index contributed by atoms with van der Waals surface area (Å²) in [6.07, 6.45) is -0.202. The van der Waals surface area contributed by atoms with Crippen LogP contribution in [0.5, 0.6) is 11.6 Å². The molecule has 4 rings (SSSR count). The van der Waals surface area contributed by atoms with Crippen molar-refractivity contribution in [1.82, 2.24) is 19.7 Å². The third-order valence-corrected chi connectivity index (χ3v) is 5.93. The number of aryl methyl sites for hydroxylation is 1. The summed E-state index contributed by atoms with van der Waals surface area (Å²) in [4.78, 5) is 23.9. The van der Waals surface area contributed by atoms with Crippen LogP contribution in [0.1, 0.15) is 35.0 Å². The second-order valence-electron chi connectivity index (χ2n) is 7.98. The van der Waals surface area contributed by atoms with Gasteiger partial charge in [-0.1, -0.05) is 6.92 Å².